The Balaban J connectivity index is 1.68. The monoisotopic (exact) mass is 320 g/mol. The Morgan fingerprint density at radius 3 is 2.83 bits per heavy atom. The zero-order chi connectivity index (χ0) is 16.7. The van der Waals surface area contributed by atoms with Gasteiger partial charge in [-0.1, -0.05) is 18.2 Å². The van der Waals surface area contributed by atoms with Crippen molar-refractivity contribution in [1.29, 1.82) is 0 Å². The minimum absolute atomic E-state index is 0.328. The minimum Gasteiger partial charge on any atom is -0.460 e. The van der Waals surface area contributed by atoms with Gasteiger partial charge in [0.05, 0.1) is 5.52 Å². The first-order valence-corrected chi connectivity index (χ1v) is 7.60. The molecule has 0 aliphatic carbocycles. The summed E-state index contributed by atoms with van der Waals surface area (Å²) in [7, 11) is 0. The van der Waals surface area contributed by atoms with Gasteiger partial charge in [0.15, 0.2) is 5.65 Å². The minimum atomic E-state index is 0.328. The maximum atomic E-state index is 5.52. The molecule has 0 atom stereocenters. The number of H-pyrrole nitrogens is 1. The predicted molar refractivity (Wildman–Crippen MR) is 93.2 cm³/mol. The molecule has 7 nitrogen and oxygen atoms in total. The number of hydrazone groups is 1. The number of hydrogen-bond donors (Lipinski definition) is 2. The van der Waals surface area contributed by atoms with Crippen LogP contribution in [0.4, 0.5) is 5.95 Å². The molecule has 0 spiro atoms. The molecule has 2 N–H and O–H groups in total. The molecule has 3 heterocycles. The lowest BCUT2D eigenvalue weighted by atomic mass is 10.1. The number of aryl methyl sites for hydroxylation is 2. The molecule has 1 aromatic carbocycles. The lowest BCUT2D eigenvalue weighted by Gasteiger charge is -1.99. The summed E-state index contributed by atoms with van der Waals surface area (Å²) in [4.78, 5) is 7.74. The van der Waals surface area contributed by atoms with E-state index in [-0.39, 0.29) is 0 Å². The van der Waals surface area contributed by atoms with Gasteiger partial charge in [-0.2, -0.15) is 10.1 Å². The summed E-state index contributed by atoms with van der Waals surface area (Å²) in [5.74, 6) is 1.87. The first-order chi connectivity index (χ1) is 11.6. The third-order valence-corrected chi connectivity index (χ3v) is 3.88. The Hall–Kier alpha value is -3.22. The molecule has 0 bridgehead atoms. The summed E-state index contributed by atoms with van der Waals surface area (Å²) in [6, 6.07) is 9.82. The molecule has 0 aliphatic heterocycles. The van der Waals surface area contributed by atoms with E-state index in [1.54, 1.807) is 0 Å². The fourth-order valence-corrected chi connectivity index (χ4v) is 2.61. The Bertz CT molecular complexity index is 1080. The van der Waals surface area contributed by atoms with E-state index in [4.69, 9.17) is 4.42 Å². The van der Waals surface area contributed by atoms with Crippen LogP contribution in [0.3, 0.4) is 0 Å². The standard InChI is InChI=1S/C17H16N6O/c1-9-5-4-6-12-14(9)18-16-15(12)21-23-17(19-16)22-20-11(3)13-8-7-10(2)24-13/h4-8H,1-3H3,(H2,18,19,22,23). The van der Waals surface area contributed by atoms with E-state index in [0.29, 0.717) is 23.1 Å². The number of nitrogens with one attached hydrogen (secondary N) is 2. The summed E-state index contributed by atoms with van der Waals surface area (Å²) in [6.07, 6.45) is 0. The van der Waals surface area contributed by atoms with Gasteiger partial charge in [0, 0.05) is 5.39 Å². The van der Waals surface area contributed by atoms with Gasteiger partial charge in [-0.05, 0) is 38.5 Å². The van der Waals surface area contributed by atoms with Crippen LogP contribution in [-0.4, -0.2) is 25.9 Å². The Morgan fingerprint density at radius 2 is 2.04 bits per heavy atom. The SMILES string of the molecule is CC(=NNc1nnc2c(n1)[nH]c1c(C)cccc12)c1ccc(C)o1. The molecule has 3 aromatic heterocycles. The molecular formula is C17H16N6O. The molecular weight excluding hydrogens is 304 g/mol. The van der Waals surface area contributed by atoms with Crippen LogP contribution in [0.2, 0.25) is 0 Å². The molecule has 7 heteroatoms. The Kier molecular flexibility index (Phi) is 3.26. The van der Waals surface area contributed by atoms with E-state index >= 15 is 0 Å². The van der Waals surface area contributed by atoms with E-state index in [0.717, 1.165) is 27.7 Å². The zero-order valence-corrected chi connectivity index (χ0v) is 13.6. The van der Waals surface area contributed by atoms with Gasteiger partial charge in [-0.3, -0.25) is 0 Å². The van der Waals surface area contributed by atoms with Crippen LogP contribution in [0.15, 0.2) is 39.9 Å². The van der Waals surface area contributed by atoms with Gasteiger partial charge in [0.25, 0.3) is 5.95 Å². The van der Waals surface area contributed by atoms with Crippen molar-refractivity contribution >= 4 is 33.7 Å². The third-order valence-electron chi connectivity index (χ3n) is 3.88. The summed E-state index contributed by atoms with van der Waals surface area (Å²) >= 11 is 0. The number of nitrogens with zero attached hydrogens (tertiary/aromatic N) is 4. The van der Waals surface area contributed by atoms with Gasteiger partial charge < -0.3 is 9.40 Å². The Morgan fingerprint density at radius 1 is 1.17 bits per heavy atom. The molecule has 0 aliphatic rings. The normalized spacial score (nSPS) is 12.2. The molecule has 0 saturated heterocycles. The molecule has 0 saturated carbocycles. The van der Waals surface area contributed by atoms with Crippen molar-refractivity contribution in [3.05, 3.63) is 47.4 Å². The summed E-state index contributed by atoms with van der Waals surface area (Å²) in [5, 5.41) is 13.6. The van der Waals surface area contributed by atoms with Crippen LogP contribution in [0.5, 0.6) is 0 Å². The van der Waals surface area contributed by atoms with Crippen molar-refractivity contribution in [2.75, 3.05) is 5.43 Å². The highest BCUT2D eigenvalue weighted by molar-refractivity contribution is 6.04. The number of benzene rings is 1. The first kappa shape index (κ1) is 14.4. The number of aromatic amines is 1. The number of fused-ring (bicyclic) bond motifs is 3. The van der Waals surface area contributed by atoms with Crippen LogP contribution < -0.4 is 5.43 Å². The van der Waals surface area contributed by atoms with Crippen molar-refractivity contribution in [2.24, 2.45) is 5.10 Å². The summed E-state index contributed by atoms with van der Waals surface area (Å²) < 4.78 is 5.52. The van der Waals surface area contributed by atoms with E-state index in [9.17, 15) is 0 Å². The molecule has 4 aromatic rings. The maximum Gasteiger partial charge on any atom is 0.265 e. The highest BCUT2D eigenvalue weighted by Crippen LogP contribution is 2.24. The highest BCUT2D eigenvalue weighted by atomic mass is 16.3. The van der Waals surface area contributed by atoms with Gasteiger partial charge in [-0.15, -0.1) is 10.2 Å². The smallest absolute Gasteiger partial charge is 0.265 e. The third kappa shape index (κ3) is 2.40. The van der Waals surface area contributed by atoms with Crippen molar-refractivity contribution in [2.45, 2.75) is 20.8 Å². The van der Waals surface area contributed by atoms with Crippen LogP contribution >= 0.6 is 0 Å². The maximum absolute atomic E-state index is 5.52. The molecule has 24 heavy (non-hydrogen) atoms. The zero-order valence-electron chi connectivity index (χ0n) is 13.6. The topological polar surface area (TPSA) is 92.0 Å². The lowest BCUT2D eigenvalue weighted by molar-refractivity contribution is 0.525. The van der Waals surface area contributed by atoms with Crippen molar-refractivity contribution in [3.63, 3.8) is 0 Å². The van der Waals surface area contributed by atoms with Crippen molar-refractivity contribution in [3.8, 4) is 0 Å². The van der Waals surface area contributed by atoms with Crippen molar-refractivity contribution < 1.29 is 4.42 Å². The van der Waals surface area contributed by atoms with Gasteiger partial charge >= 0.3 is 0 Å². The number of rotatable bonds is 3. The summed E-state index contributed by atoms with van der Waals surface area (Å²) in [5.41, 5.74) is 7.13. The van der Waals surface area contributed by atoms with Crippen molar-refractivity contribution in [1.82, 2.24) is 20.2 Å². The number of furan rings is 1. The average molecular weight is 320 g/mol. The van der Waals surface area contributed by atoms with Gasteiger partial charge in [-0.25, -0.2) is 5.43 Å². The molecule has 0 unspecified atom stereocenters. The fraction of sp³-hybridized carbons (Fsp3) is 0.176. The second-order valence-electron chi connectivity index (χ2n) is 5.67. The number of hydrogen-bond acceptors (Lipinski definition) is 6. The van der Waals surface area contributed by atoms with Gasteiger partial charge in [0.2, 0.25) is 0 Å². The van der Waals surface area contributed by atoms with Crippen LogP contribution in [0.25, 0.3) is 22.1 Å². The molecule has 4 rings (SSSR count). The van der Waals surface area contributed by atoms with Crippen LogP contribution in [0.1, 0.15) is 24.0 Å². The molecule has 0 fully saturated rings. The largest absolute Gasteiger partial charge is 0.460 e. The van der Waals surface area contributed by atoms with E-state index < -0.39 is 0 Å². The average Bonchev–Trinajstić information content (AvgIpc) is 3.17. The van der Waals surface area contributed by atoms with E-state index in [1.807, 2.05) is 51.1 Å². The lowest BCUT2D eigenvalue weighted by Crippen LogP contribution is -2.02. The van der Waals surface area contributed by atoms with E-state index in [1.165, 1.54) is 0 Å². The molecule has 120 valence electrons. The fourth-order valence-electron chi connectivity index (χ4n) is 2.61. The van der Waals surface area contributed by atoms with Crippen LogP contribution in [0, 0.1) is 13.8 Å². The highest BCUT2D eigenvalue weighted by Gasteiger charge is 2.10. The molecule has 0 radical (unpaired) electrons. The predicted octanol–water partition coefficient (Wildman–Crippen LogP) is 3.55. The summed E-state index contributed by atoms with van der Waals surface area (Å²) in [6.45, 7) is 5.79. The first-order valence-electron chi connectivity index (χ1n) is 7.60. The second kappa shape index (κ2) is 5.45. The second-order valence-corrected chi connectivity index (χ2v) is 5.67. The van der Waals surface area contributed by atoms with E-state index in [2.05, 4.69) is 30.7 Å². The quantitative estimate of drug-likeness (QED) is 0.445. The number of para-hydroxylation sites is 1. The molecule has 0 amide bonds. The Labute approximate surface area is 137 Å². The van der Waals surface area contributed by atoms with Gasteiger partial charge in [0.1, 0.15) is 22.7 Å². The van der Waals surface area contributed by atoms with Crippen LogP contribution in [-0.2, 0) is 0 Å². The number of anilines is 1. The number of aromatic nitrogens is 4.